The molecule has 1 aromatic carbocycles. The number of benzene rings is 1. The van der Waals surface area contributed by atoms with Gasteiger partial charge in [-0.05, 0) is 24.6 Å². The Labute approximate surface area is 101 Å². The standard InChI is InChI=1S/C11H13F4NO2/c1-6(16)7-2-3-9(8(12)4-7)18-5-10(17)11(13,14)15/h2-4,6,10,17H,5,16H2,1H3/t6-,10?/m1/s1. The molecule has 3 nitrogen and oxygen atoms in total. The molecule has 0 aliphatic rings. The number of nitrogens with two attached hydrogens (primary N) is 1. The Hall–Kier alpha value is -1.34. The van der Waals surface area contributed by atoms with Gasteiger partial charge in [-0.25, -0.2) is 4.39 Å². The summed E-state index contributed by atoms with van der Waals surface area (Å²) >= 11 is 0. The summed E-state index contributed by atoms with van der Waals surface area (Å²) in [5, 5.41) is 8.69. The number of ether oxygens (including phenoxy) is 1. The van der Waals surface area contributed by atoms with Crippen molar-refractivity contribution in [3.63, 3.8) is 0 Å². The minimum atomic E-state index is -4.79. The molecule has 0 aliphatic carbocycles. The van der Waals surface area contributed by atoms with Crippen LogP contribution in [0.1, 0.15) is 18.5 Å². The topological polar surface area (TPSA) is 55.5 Å². The summed E-state index contributed by atoms with van der Waals surface area (Å²) in [4.78, 5) is 0. The molecular formula is C11H13F4NO2. The summed E-state index contributed by atoms with van der Waals surface area (Å²) in [5.74, 6) is -1.18. The lowest BCUT2D eigenvalue weighted by Crippen LogP contribution is -2.34. The molecule has 0 aliphatic heterocycles. The summed E-state index contributed by atoms with van der Waals surface area (Å²) in [6, 6.07) is 3.31. The molecule has 0 heterocycles. The SMILES string of the molecule is C[C@@H](N)c1ccc(OCC(O)C(F)(F)F)c(F)c1. The Morgan fingerprint density at radius 3 is 2.44 bits per heavy atom. The number of halogens is 4. The highest BCUT2D eigenvalue weighted by atomic mass is 19.4. The van der Waals surface area contributed by atoms with Crippen LogP contribution < -0.4 is 10.5 Å². The molecule has 18 heavy (non-hydrogen) atoms. The molecule has 1 rings (SSSR count). The van der Waals surface area contributed by atoms with Crippen LogP contribution in [0.2, 0.25) is 0 Å². The molecule has 7 heteroatoms. The molecule has 1 unspecified atom stereocenters. The summed E-state index contributed by atoms with van der Waals surface area (Å²) in [6.07, 6.45) is -7.44. The summed E-state index contributed by atoms with van der Waals surface area (Å²) in [5.41, 5.74) is 6.01. The van der Waals surface area contributed by atoms with Crippen LogP contribution in [0.25, 0.3) is 0 Å². The van der Waals surface area contributed by atoms with Gasteiger partial charge in [0.25, 0.3) is 0 Å². The Balaban J connectivity index is 2.69. The maximum absolute atomic E-state index is 13.4. The predicted octanol–water partition coefficient (Wildman–Crippen LogP) is 2.15. The molecule has 0 radical (unpaired) electrons. The first kappa shape index (κ1) is 14.7. The van der Waals surface area contributed by atoms with Crippen LogP contribution in [0.15, 0.2) is 18.2 Å². The van der Waals surface area contributed by atoms with Crippen LogP contribution in [0, 0.1) is 5.82 Å². The van der Waals surface area contributed by atoms with Crippen LogP contribution in [0.4, 0.5) is 17.6 Å². The summed E-state index contributed by atoms with van der Waals surface area (Å²) < 4.78 is 53.9. The van der Waals surface area contributed by atoms with Gasteiger partial charge in [0.15, 0.2) is 17.7 Å². The van der Waals surface area contributed by atoms with Crippen molar-refractivity contribution in [1.82, 2.24) is 0 Å². The van der Waals surface area contributed by atoms with Gasteiger partial charge in [-0.1, -0.05) is 6.07 Å². The zero-order valence-corrected chi connectivity index (χ0v) is 9.54. The molecule has 1 aromatic rings. The number of aliphatic hydroxyl groups is 1. The van der Waals surface area contributed by atoms with E-state index in [2.05, 4.69) is 4.74 Å². The van der Waals surface area contributed by atoms with E-state index in [9.17, 15) is 17.6 Å². The average molecular weight is 267 g/mol. The highest BCUT2D eigenvalue weighted by Crippen LogP contribution is 2.24. The molecule has 2 atom stereocenters. The second-order valence-corrected chi connectivity index (χ2v) is 3.85. The van der Waals surface area contributed by atoms with Crippen LogP contribution in [0.5, 0.6) is 5.75 Å². The number of hydrogen-bond acceptors (Lipinski definition) is 3. The second-order valence-electron chi connectivity index (χ2n) is 3.85. The van der Waals surface area contributed by atoms with Gasteiger partial charge in [-0.2, -0.15) is 13.2 Å². The first-order chi connectivity index (χ1) is 8.21. The minimum absolute atomic E-state index is 0.359. The molecule has 0 amide bonds. The van der Waals surface area contributed by atoms with Gasteiger partial charge in [-0.15, -0.1) is 0 Å². The van der Waals surface area contributed by atoms with Crippen molar-refractivity contribution in [3.05, 3.63) is 29.6 Å². The van der Waals surface area contributed by atoms with Gasteiger partial charge in [0.05, 0.1) is 0 Å². The third kappa shape index (κ3) is 3.85. The van der Waals surface area contributed by atoms with Crippen LogP contribution in [-0.4, -0.2) is 24.0 Å². The van der Waals surface area contributed by atoms with E-state index in [0.717, 1.165) is 6.07 Å². The maximum Gasteiger partial charge on any atom is 0.417 e. The normalized spacial score (nSPS) is 15.3. The Morgan fingerprint density at radius 2 is 2.00 bits per heavy atom. The molecular weight excluding hydrogens is 254 g/mol. The summed E-state index contributed by atoms with van der Waals surface area (Å²) in [6.45, 7) is 0.584. The zero-order valence-electron chi connectivity index (χ0n) is 9.54. The lowest BCUT2D eigenvalue weighted by molar-refractivity contribution is -0.210. The highest BCUT2D eigenvalue weighted by Gasteiger charge is 2.38. The van der Waals surface area contributed by atoms with Crippen LogP contribution >= 0.6 is 0 Å². The van der Waals surface area contributed by atoms with Gasteiger partial charge in [0.2, 0.25) is 0 Å². The lowest BCUT2D eigenvalue weighted by Gasteiger charge is -2.16. The van der Waals surface area contributed by atoms with Gasteiger partial charge >= 0.3 is 6.18 Å². The fourth-order valence-corrected chi connectivity index (χ4v) is 1.18. The van der Waals surface area contributed by atoms with Crippen molar-refractivity contribution in [3.8, 4) is 5.75 Å². The largest absolute Gasteiger partial charge is 0.487 e. The quantitative estimate of drug-likeness (QED) is 0.822. The number of rotatable bonds is 4. The van der Waals surface area contributed by atoms with E-state index >= 15 is 0 Å². The van der Waals surface area contributed by atoms with E-state index < -0.39 is 30.7 Å². The fraction of sp³-hybridized carbons (Fsp3) is 0.455. The van der Waals surface area contributed by atoms with Gasteiger partial charge < -0.3 is 15.6 Å². The second kappa shape index (κ2) is 5.53. The fourth-order valence-electron chi connectivity index (χ4n) is 1.18. The third-order valence-electron chi connectivity index (χ3n) is 2.26. The Kier molecular flexibility index (Phi) is 4.53. The van der Waals surface area contributed by atoms with Crippen molar-refractivity contribution in [2.75, 3.05) is 6.61 Å². The average Bonchev–Trinajstić information content (AvgIpc) is 2.25. The third-order valence-corrected chi connectivity index (χ3v) is 2.26. The van der Waals surface area contributed by atoms with Crippen molar-refractivity contribution < 1.29 is 27.4 Å². The molecule has 3 N–H and O–H groups in total. The zero-order chi connectivity index (χ0) is 13.9. The molecule has 0 fully saturated rings. The first-order valence-corrected chi connectivity index (χ1v) is 5.14. The van der Waals surface area contributed by atoms with Gasteiger partial charge in [0.1, 0.15) is 6.61 Å². The van der Waals surface area contributed by atoms with E-state index in [0.29, 0.717) is 5.56 Å². The lowest BCUT2D eigenvalue weighted by atomic mass is 10.1. The molecule has 0 saturated carbocycles. The van der Waals surface area contributed by atoms with E-state index in [1.54, 1.807) is 6.92 Å². The van der Waals surface area contributed by atoms with Gasteiger partial charge in [0, 0.05) is 6.04 Å². The van der Waals surface area contributed by atoms with E-state index in [1.807, 2.05) is 0 Å². The number of aliphatic hydroxyl groups excluding tert-OH is 1. The minimum Gasteiger partial charge on any atom is -0.487 e. The van der Waals surface area contributed by atoms with E-state index in [4.69, 9.17) is 10.8 Å². The molecule has 102 valence electrons. The highest BCUT2D eigenvalue weighted by molar-refractivity contribution is 5.30. The van der Waals surface area contributed by atoms with Crippen molar-refractivity contribution >= 4 is 0 Å². The van der Waals surface area contributed by atoms with Crippen molar-refractivity contribution in [1.29, 1.82) is 0 Å². The maximum atomic E-state index is 13.4. The van der Waals surface area contributed by atoms with E-state index in [1.165, 1.54) is 12.1 Å². The molecule has 0 saturated heterocycles. The first-order valence-electron chi connectivity index (χ1n) is 5.14. The number of alkyl halides is 3. The molecule has 0 bridgehead atoms. The van der Waals surface area contributed by atoms with Crippen LogP contribution in [0.3, 0.4) is 0 Å². The Morgan fingerprint density at radius 1 is 1.39 bits per heavy atom. The molecule has 0 aromatic heterocycles. The monoisotopic (exact) mass is 267 g/mol. The van der Waals surface area contributed by atoms with Gasteiger partial charge in [-0.3, -0.25) is 0 Å². The smallest absolute Gasteiger partial charge is 0.417 e. The Bertz CT molecular complexity index is 407. The summed E-state index contributed by atoms with van der Waals surface area (Å²) in [7, 11) is 0. The van der Waals surface area contributed by atoms with Crippen molar-refractivity contribution in [2.45, 2.75) is 25.2 Å². The van der Waals surface area contributed by atoms with Crippen molar-refractivity contribution in [2.24, 2.45) is 5.73 Å². The van der Waals surface area contributed by atoms with Crippen LogP contribution in [-0.2, 0) is 0 Å². The predicted molar refractivity (Wildman–Crippen MR) is 56.6 cm³/mol. The number of hydrogen-bond donors (Lipinski definition) is 2. The molecule has 0 spiro atoms. The van der Waals surface area contributed by atoms with E-state index in [-0.39, 0.29) is 5.75 Å².